The summed E-state index contributed by atoms with van der Waals surface area (Å²) in [4.78, 5) is 16.6. The van der Waals surface area contributed by atoms with Gasteiger partial charge in [-0.3, -0.25) is 4.79 Å². The average molecular weight is 364 g/mol. The van der Waals surface area contributed by atoms with Crippen molar-refractivity contribution in [2.75, 3.05) is 19.6 Å². The van der Waals surface area contributed by atoms with Gasteiger partial charge in [0.05, 0.1) is 17.1 Å². The van der Waals surface area contributed by atoms with Crippen LogP contribution in [0.3, 0.4) is 0 Å². The summed E-state index contributed by atoms with van der Waals surface area (Å²) in [7, 11) is 0. The van der Waals surface area contributed by atoms with Crippen LogP contribution in [0.25, 0.3) is 10.6 Å². The molecule has 0 spiro atoms. The van der Waals surface area contributed by atoms with Gasteiger partial charge in [0.15, 0.2) is 0 Å². The molecule has 3 rings (SSSR count). The molecule has 1 aliphatic rings. The summed E-state index contributed by atoms with van der Waals surface area (Å²) in [6.45, 7) is 2.94. The maximum atomic E-state index is 12.1. The van der Waals surface area contributed by atoms with Crippen molar-refractivity contribution in [2.45, 2.75) is 25.7 Å². The van der Waals surface area contributed by atoms with Gasteiger partial charge in [-0.25, -0.2) is 4.98 Å². The monoisotopic (exact) mass is 363 g/mol. The minimum Gasteiger partial charge on any atom is -0.356 e. The smallest absolute Gasteiger partial charge is 0.226 e. The molecule has 0 saturated carbocycles. The molecule has 1 saturated heterocycles. The van der Waals surface area contributed by atoms with Crippen LogP contribution < -0.4 is 10.6 Å². The number of aromatic nitrogens is 1. The van der Waals surface area contributed by atoms with Crippen molar-refractivity contribution in [3.05, 3.63) is 40.4 Å². The van der Waals surface area contributed by atoms with Gasteiger partial charge in [-0.2, -0.15) is 0 Å². The molecule has 2 aromatic rings. The molecule has 1 unspecified atom stereocenters. The second kappa shape index (κ2) is 8.60. The lowest BCUT2D eigenvalue weighted by atomic mass is 9.96. The van der Waals surface area contributed by atoms with Crippen LogP contribution in [0, 0.1) is 5.92 Å². The first-order chi connectivity index (χ1) is 11.7. The highest BCUT2D eigenvalue weighted by molar-refractivity contribution is 7.13. The number of nitrogens with one attached hydrogen (secondary N) is 2. The number of thiazole rings is 1. The van der Waals surface area contributed by atoms with Crippen molar-refractivity contribution in [3.63, 3.8) is 0 Å². The van der Waals surface area contributed by atoms with Gasteiger partial charge >= 0.3 is 0 Å². The third-order valence-electron chi connectivity index (χ3n) is 4.27. The fourth-order valence-corrected chi connectivity index (χ4v) is 4.10. The van der Waals surface area contributed by atoms with E-state index in [1.807, 2.05) is 29.6 Å². The maximum Gasteiger partial charge on any atom is 0.226 e. The lowest BCUT2D eigenvalue weighted by molar-refractivity contribution is -0.120. The summed E-state index contributed by atoms with van der Waals surface area (Å²) in [5.74, 6) is 0.722. The molecule has 0 bridgehead atoms. The van der Waals surface area contributed by atoms with Gasteiger partial charge in [0.25, 0.3) is 0 Å². The summed E-state index contributed by atoms with van der Waals surface area (Å²) in [5, 5.41) is 9.89. The molecule has 1 amide bonds. The molecule has 1 aromatic heterocycles. The Morgan fingerprint density at radius 2 is 2.29 bits per heavy atom. The molecule has 0 aliphatic carbocycles. The molecular formula is C18H22ClN3OS. The molecule has 1 atom stereocenters. The predicted molar refractivity (Wildman–Crippen MR) is 99.5 cm³/mol. The lowest BCUT2D eigenvalue weighted by Crippen LogP contribution is -2.33. The van der Waals surface area contributed by atoms with Crippen molar-refractivity contribution in [3.8, 4) is 10.6 Å². The number of nitrogens with zero attached hydrogens (tertiary/aromatic N) is 1. The van der Waals surface area contributed by atoms with E-state index in [-0.39, 0.29) is 5.91 Å². The highest BCUT2D eigenvalue weighted by atomic mass is 35.5. The normalized spacial score (nSPS) is 17.6. The van der Waals surface area contributed by atoms with Crippen LogP contribution in [0.5, 0.6) is 0 Å². The van der Waals surface area contributed by atoms with E-state index < -0.39 is 0 Å². The van der Waals surface area contributed by atoms with Crippen LogP contribution in [0.1, 0.15) is 25.0 Å². The van der Waals surface area contributed by atoms with E-state index in [0.29, 0.717) is 17.4 Å². The highest BCUT2D eigenvalue weighted by Gasteiger charge is 2.14. The van der Waals surface area contributed by atoms with E-state index in [4.69, 9.17) is 11.6 Å². The van der Waals surface area contributed by atoms with Gasteiger partial charge in [0.1, 0.15) is 5.01 Å². The third-order valence-corrected chi connectivity index (χ3v) is 5.53. The Labute approximate surface area is 151 Å². The van der Waals surface area contributed by atoms with Gasteiger partial charge in [-0.1, -0.05) is 29.8 Å². The quantitative estimate of drug-likeness (QED) is 0.825. The van der Waals surface area contributed by atoms with E-state index in [1.165, 1.54) is 24.2 Å². The van der Waals surface area contributed by atoms with Crippen LogP contribution >= 0.6 is 22.9 Å². The second-order valence-electron chi connectivity index (χ2n) is 6.15. The number of carbonyl (C=O) groups excluding carboxylic acids is 1. The van der Waals surface area contributed by atoms with Gasteiger partial charge in [-0.05, 0) is 44.3 Å². The summed E-state index contributed by atoms with van der Waals surface area (Å²) < 4.78 is 0. The van der Waals surface area contributed by atoms with E-state index >= 15 is 0 Å². The minimum atomic E-state index is 0.0368. The predicted octanol–water partition coefficient (Wildman–Crippen LogP) is 3.51. The summed E-state index contributed by atoms with van der Waals surface area (Å²) >= 11 is 7.72. The first-order valence-electron chi connectivity index (χ1n) is 8.39. The van der Waals surface area contributed by atoms with Crippen LogP contribution in [-0.2, 0) is 11.2 Å². The van der Waals surface area contributed by atoms with Crippen LogP contribution in [-0.4, -0.2) is 30.5 Å². The lowest BCUT2D eigenvalue weighted by Gasteiger charge is -2.22. The molecular weight excluding hydrogens is 342 g/mol. The van der Waals surface area contributed by atoms with Crippen LogP contribution in [0.15, 0.2) is 29.6 Å². The van der Waals surface area contributed by atoms with Crippen molar-refractivity contribution >= 4 is 28.8 Å². The van der Waals surface area contributed by atoms with E-state index in [2.05, 4.69) is 15.6 Å². The Bertz CT molecular complexity index is 682. The highest BCUT2D eigenvalue weighted by Crippen LogP contribution is 2.30. The van der Waals surface area contributed by atoms with Crippen molar-refractivity contribution in [1.82, 2.24) is 15.6 Å². The zero-order valence-electron chi connectivity index (χ0n) is 13.6. The number of carbonyl (C=O) groups is 1. The van der Waals surface area contributed by atoms with Gasteiger partial charge < -0.3 is 10.6 Å². The molecule has 2 N–H and O–H groups in total. The van der Waals surface area contributed by atoms with Gasteiger partial charge in [-0.15, -0.1) is 11.3 Å². The molecule has 1 aromatic carbocycles. The summed E-state index contributed by atoms with van der Waals surface area (Å²) in [6, 6.07) is 7.64. The SMILES string of the molecule is O=C(Cc1csc(-c2ccccc2Cl)n1)NCCC1CCCNC1. The number of hydrogen-bond donors (Lipinski definition) is 2. The third kappa shape index (κ3) is 4.79. The summed E-state index contributed by atoms with van der Waals surface area (Å²) in [5.41, 5.74) is 1.72. The topological polar surface area (TPSA) is 54.0 Å². The maximum absolute atomic E-state index is 12.1. The Balaban J connectivity index is 1.47. The van der Waals surface area contributed by atoms with Crippen molar-refractivity contribution in [1.29, 1.82) is 0 Å². The molecule has 1 fully saturated rings. The molecule has 4 nitrogen and oxygen atoms in total. The van der Waals surface area contributed by atoms with Gasteiger partial charge in [0.2, 0.25) is 5.91 Å². The largest absolute Gasteiger partial charge is 0.356 e. The van der Waals surface area contributed by atoms with E-state index in [9.17, 15) is 4.79 Å². The van der Waals surface area contributed by atoms with E-state index in [1.54, 1.807) is 0 Å². The first kappa shape index (κ1) is 17.4. The molecule has 128 valence electrons. The molecule has 2 heterocycles. The Hall–Kier alpha value is -1.43. The van der Waals surface area contributed by atoms with E-state index in [0.717, 1.165) is 42.3 Å². The number of amides is 1. The Morgan fingerprint density at radius 1 is 1.42 bits per heavy atom. The fraction of sp³-hybridized carbons (Fsp3) is 0.444. The average Bonchev–Trinajstić information content (AvgIpc) is 3.04. The zero-order valence-corrected chi connectivity index (χ0v) is 15.1. The number of hydrogen-bond acceptors (Lipinski definition) is 4. The molecule has 6 heteroatoms. The Kier molecular flexibility index (Phi) is 6.24. The second-order valence-corrected chi connectivity index (χ2v) is 7.42. The van der Waals surface area contributed by atoms with Gasteiger partial charge in [0, 0.05) is 17.5 Å². The Morgan fingerprint density at radius 3 is 3.08 bits per heavy atom. The van der Waals surface area contributed by atoms with Crippen LogP contribution in [0.4, 0.5) is 0 Å². The molecule has 0 radical (unpaired) electrons. The minimum absolute atomic E-state index is 0.0368. The summed E-state index contributed by atoms with van der Waals surface area (Å²) in [6.07, 6.45) is 3.86. The van der Waals surface area contributed by atoms with Crippen LogP contribution in [0.2, 0.25) is 5.02 Å². The number of benzene rings is 1. The number of rotatable bonds is 6. The zero-order chi connectivity index (χ0) is 16.8. The molecule has 24 heavy (non-hydrogen) atoms. The first-order valence-corrected chi connectivity index (χ1v) is 9.65. The number of halogens is 1. The molecule has 1 aliphatic heterocycles. The van der Waals surface area contributed by atoms with Crippen molar-refractivity contribution < 1.29 is 4.79 Å². The standard InChI is InChI=1S/C18H22ClN3OS/c19-16-6-2-1-5-15(16)18-22-14(12-24-18)10-17(23)21-9-7-13-4-3-8-20-11-13/h1-2,5-6,12-13,20H,3-4,7-11H2,(H,21,23). The fourth-order valence-electron chi connectivity index (χ4n) is 2.96. The number of piperidine rings is 1. The van der Waals surface area contributed by atoms with Crippen molar-refractivity contribution in [2.24, 2.45) is 5.92 Å².